The van der Waals surface area contributed by atoms with Gasteiger partial charge in [0.25, 0.3) is 0 Å². The Balaban J connectivity index is 1.36. The van der Waals surface area contributed by atoms with Gasteiger partial charge in [0, 0.05) is 24.7 Å². The zero-order valence-corrected chi connectivity index (χ0v) is 17.1. The maximum Gasteiger partial charge on any atom is 0.321 e. The molecule has 0 bridgehead atoms. The third kappa shape index (κ3) is 3.97. The average molecular weight is 396 g/mol. The molecular formula is C22H25N3O2S. The van der Waals surface area contributed by atoms with Gasteiger partial charge in [0.15, 0.2) is 0 Å². The first-order chi connectivity index (χ1) is 13.6. The standard InChI is InChI=1S/C22H25N3O2S/c1-3-27-17-8-9-18(15(2)14-17)24-22(26)25-12-10-16(11-13-25)21-23-19-6-4-5-7-20(19)28-21/h4-9,14,16H,3,10-13H2,1-2H3,(H,24,26). The number of urea groups is 1. The topological polar surface area (TPSA) is 54.5 Å². The molecule has 1 N–H and O–H groups in total. The van der Waals surface area contributed by atoms with Gasteiger partial charge in [-0.05, 0) is 62.6 Å². The van der Waals surface area contributed by atoms with Crippen LogP contribution in [-0.4, -0.2) is 35.6 Å². The Labute approximate surface area is 169 Å². The number of anilines is 1. The van der Waals surface area contributed by atoms with E-state index in [2.05, 4.69) is 23.5 Å². The average Bonchev–Trinajstić information content (AvgIpc) is 3.14. The van der Waals surface area contributed by atoms with Gasteiger partial charge in [0.05, 0.1) is 21.8 Å². The van der Waals surface area contributed by atoms with E-state index in [-0.39, 0.29) is 6.03 Å². The number of benzene rings is 2. The summed E-state index contributed by atoms with van der Waals surface area (Å²) in [5.41, 5.74) is 2.92. The molecule has 5 nitrogen and oxygen atoms in total. The second-order valence-corrected chi connectivity index (χ2v) is 8.18. The Hall–Kier alpha value is -2.60. The van der Waals surface area contributed by atoms with Crippen LogP contribution in [0.1, 0.15) is 36.3 Å². The van der Waals surface area contributed by atoms with Crippen LogP contribution in [-0.2, 0) is 0 Å². The zero-order chi connectivity index (χ0) is 19.5. The first-order valence-corrected chi connectivity index (χ1v) is 10.6. The molecule has 1 aliphatic heterocycles. The van der Waals surface area contributed by atoms with Gasteiger partial charge in [-0.1, -0.05) is 12.1 Å². The lowest BCUT2D eigenvalue weighted by molar-refractivity contribution is 0.194. The van der Waals surface area contributed by atoms with Gasteiger partial charge in [0.1, 0.15) is 5.75 Å². The van der Waals surface area contributed by atoms with E-state index in [1.807, 2.05) is 43.0 Å². The van der Waals surface area contributed by atoms with Crippen LogP contribution >= 0.6 is 11.3 Å². The molecule has 1 aliphatic rings. The Kier molecular flexibility index (Phi) is 5.48. The predicted molar refractivity (Wildman–Crippen MR) is 115 cm³/mol. The van der Waals surface area contributed by atoms with Gasteiger partial charge in [-0.15, -0.1) is 11.3 Å². The maximum atomic E-state index is 12.7. The second-order valence-electron chi connectivity index (χ2n) is 7.12. The number of para-hydroxylation sites is 1. The predicted octanol–water partition coefficient (Wildman–Crippen LogP) is 5.41. The molecular weight excluding hydrogens is 370 g/mol. The number of nitrogens with zero attached hydrogens (tertiary/aromatic N) is 2. The van der Waals surface area contributed by atoms with Crippen LogP contribution in [0.25, 0.3) is 10.2 Å². The second kappa shape index (κ2) is 8.19. The van der Waals surface area contributed by atoms with Crippen molar-refractivity contribution in [3.8, 4) is 5.75 Å². The molecule has 1 aromatic heterocycles. The highest BCUT2D eigenvalue weighted by Gasteiger charge is 2.26. The fourth-order valence-electron chi connectivity index (χ4n) is 3.62. The molecule has 146 valence electrons. The molecule has 0 atom stereocenters. The minimum absolute atomic E-state index is 0.0324. The summed E-state index contributed by atoms with van der Waals surface area (Å²) in [5.74, 6) is 1.27. The highest BCUT2D eigenvalue weighted by molar-refractivity contribution is 7.18. The number of likely N-dealkylation sites (tertiary alicyclic amines) is 1. The number of aryl methyl sites for hydroxylation is 1. The number of fused-ring (bicyclic) bond motifs is 1. The minimum Gasteiger partial charge on any atom is -0.494 e. The molecule has 0 aliphatic carbocycles. The monoisotopic (exact) mass is 395 g/mol. The number of rotatable bonds is 4. The number of thiazole rings is 1. The first-order valence-electron chi connectivity index (χ1n) is 9.79. The Morgan fingerprint density at radius 3 is 2.75 bits per heavy atom. The van der Waals surface area contributed by atoms with Gasteiger partial charge in [-0.3, -0.25) is 0 Å². The fourth-order valence-corrected chi connectivity index (χ4v) is 4.76. The number of aromatic nitrogens is 1. The summed E-state index contributed by atoms with van der Waals surface area (Å²) in [6, 6.07) is 14.0. The van der Waals surface area contributed by atoms with Crippen molar-refractivity contribution < 1.29 is 9.53 Å². The lowest BCUT2D eigenvalue weighted by atomic mass is 9.98. The number of carbonyl (C=O) groups is 1. The summed E-state index contributed by atoms with van der Waals surface area (Å²) in [4.78, 5) is 19.4. The minimum atomic E-state index is -0.0324. The number of hydrogen-bond donors (Lipinski definition) is 1. The fraction of sp³-hybridized carbons (Fsp3) is 0.364. The van der Waals surface area contributed by atoms with Crippen LogP contribution in [0.15, 0.2) is 42.5 Å². The maximum absolute atomic E-state index is 12.7. The van der Waals surface area contributed by atoms with E-state index >= 15 is 0 Å². The van der Waals surface area contributed by atoms with E-state index in [4.69, 9.17) is 9.72 Å². The van der Waals surface area contributed by atoms with E-state index < -0.39 is 0 Å². The number of nitrogens with one attached hydrogen (secondary N) is 1. The summed E-state index contributed by atoms with van der Waals surface area (Å²) in [6.45, 7) is 6.08. The molecule has 0 radical (unpaired) electrons. The number of carbonyl (C=O) groups excluding carboxylic acids is 1. The molecule has 2 amide bonds. The van der Waals surface area contributed by atoms with Crippen molar-refractivity contribution in [2.45, 2.75) is 32.6 Å². The third-order valence-corrected chi connectivity index (χ3v) is 6.39. The van der Waals surface area contributed by atoms with Crippen LogP contribution in [0.5, 0.6) is 5.75 Å². The van der Waals surface area contributed by atoms with Crippen molar-refractivity contribution in [2.75, 3.05) is 25.0 Å². The summed E-state index contributed by atoms with van der Waals surface area (Å²) in [6.07, 6.45) is 1.91. The van der Waals surface area contributed by atoms with Crippen LogP contribution in [0.4, 0.5) is 10.5 Å². The molecule has 2 aromatic carbocycles. The van der Waals surface area contributed by atoms with Gasteiger partial charge < -0.3 is 15.0 Å². The molecule has 0 unspecified atom stereocenters. The van der Waals surface area contributed by atoms with E-state index in [0.29, 0.717) is 12.5 Å². The Morgan fingerprint density at radius 1 is 1.25 bits per heavy atom. The van der Waals surface area contributed by atoms with E-state index in [1.54, 1.807) is 11.3 Å². The molecule has 1 fully saturated rings. The van der Waals surface area contributed by atoms with Crippen LogP contribution < -0.4 is 10.1 Å². The summed E-state index contributed by atoms with van der Waals surface area (Å²) >= 11 is 1.78. The van der Waals surface area contributed by atoms with Gasteiger partial charge in [-0.25, -0.2) is 9.78 Å². The lowest BCUT2D eigenvalue weighted by Gasteiger charge is -2.31. The molecule has 6 heteroatoms. The first kappa shape index (κ1) is 18.7. The largest absolute Gasteiger partial charge is 0.494 e. The summed E-state index contributed by atoms with van der Waals surface area (Å²) in [7, 11) is 0. The van der Waals surface area contributed by atoms with E-state index in [0.717, 1.165) is 48.4 Å². The van der Waals surface area contributed by atoms with Crippen molar-refractivity contribution in [1.82, 2.24) is 9.88 Å². The van der Waals surface area contributed by atoms with Gasteiger partial charge in [0.2, 0.25) is 0 Å². The van der Waals surface area contributed by atoms with Gasteiger partial charge in [-0.2, -0.15) is 0 Å². The molecule has 0 saturated carbocycles. The van der Waals surface area contributed by atoms with Crippen molar-refractivity contribution in [3.63, 3.8) is 0 Å². The van der Waals surface area contributed by atoms with Crippen molar-refractivity contribution >= 4 is 33.3 Å². The highest BCUT2D eigenvalue weighted by Crippen LogP contribution is 2.34. The number of amides is 2. The van der Waals surface area contributed by atoms with Crippen molar-refractivity contribution in [2.24, 2.45) is 0 Å². The quantitative estimate of drug-likeness (QED) is 0.642. The van der Waals surface area contributed by atoms with E-state index in [1.165, 1.54) is 9.71 Å². The SMILES string of the molecule is CCOc1ccc(NC(=O)N2CCC(c3nc4ccccc4s3)CC2)c(C)c1. The normalized spacial score (nSPS) is 15.0. The molecule has 4 rings (SSSR count). The highest BCUT2D eigenvalue weighted by atomic mass is 32.1. The molecule has 0 spiro atoms. The molecule has 1 saturated heterocycles. The smallest absolute Gasteiger partial charge is 0.321 e. The molecule has 28 heavy (non-hydrogen) atoms. The zero-order valence-electron chi connectivity index (χ0n) is 16.3. The summed E-state index contributed by atoms with van der Waals surface area (Å²) < 4.78 is 6.75. The lowest BCUT2D eigenvalue weighted by Crippen LogP contribution is -2.40. The van der Waals surface area contributed by atoms with Crippen LogP contribution in [0, 0.1) is 6.92 Å². The van der Waals surface area contributed by atoms with Crippen molar-refractivity contribution in [1.29, 1.82) is 0 Å². The number of hydrogen-bond acceptors (Lipinski definition) is 4. The molecule has 3 aromatic rings. The van der Waals surface area contributed by atoms with Crippen LogP contribution in [0.3, 0.4) is 0 Å². The number of ether oxygens (including phenoxy) is 1. The molecule has 2 heterocycles. The Bertz CT molecular complexity index is 944. The van der Waals surface area contributed by atoms with Gasteiger partial charge >= 0.3 is 6.03 Å². The Morgan fingerprint density at radius 2 is 2.04 bits per heavy atom. The summed E-state index contributed by atoms with van der Waals surface area (Å²) in [5, 5.41) is 4.24. The van der Waals surface area contributed by atoms with Crippen LogP contribution in [0.2, 0.25) is 0 Å². The van der Waals surface area contributed by atoms with Crippen molar-refractivity contribution in [3.05, 3.63) is 53.0 Å². The number of piperidine rings is 1. The third-order valence-electron chi connectivity index (χ3n) is 5.19. The van der Waals surface area contributed by atoms with E-state index in [9.17, 15) is 4.79 Å².